The minimum atomic E-state index is 0. The van der Waals surface area contributed by atoms with E-state index in [1.807, 2.05) is 12.3 Å². The van der Waals surface area contributed by atoms with Crippen molar-refractivity contribution < 1.29 is 4.79 Å². The number of carbonyl (C=O) groups is 1. The van der Waals surface area contributed by atoms with Crippen molar-refractivity contribution >= 4 is 30.7 Å². The van der Waals surface area contributed by atoms with Crippen LogP contribution in [0.2, 0.25) is 0 Å². The number of hydrogen-bond donors (Lipinski definition) is 2. The largest absolute Gasteiger partial charge is 0.348 e. The summed E-state index contributed by atoms with van der Waals surface area (Å²) in [6.07, 6.45) is 8.50. The molecule has 1 heterocycles. The number of hydrogen-bond acceptors (Lipinski definition) is 3. The molecule has 0 bridgehead atoms. The normalized spacial score (nSPS) is 12.8. The van der Waals surface area contributed by atoms with Gasteiger partial charge in [-0.05, 0) is 43.7 Å². The van der Waals surface area contributed by atoms with Crippen molar-refractivity contribution in [2.75, 3.05) is 13.1 Å². The highest BCUT2D eigenvalue weighted by atomic mass is 35.5. The molecule has 5 nitrogen and oxygen atoms in total. The molecule has 26 heavy (non-hydrogen) atoms. The first kappa shape index (κ1) is 22.5. The number of benzene rings is 1. The van der Waals surface area contributed by atoms with Gasteiger partial charge in [-0.3, -0.25) is 4.79 Å². The predicted molar refractivity (Wildman–Crippen MR) is 109 cm³/mol. The first-order valence-electron chi connectivity index (χ1n) is 8.82. The fourth-order valence-corrected chi connectivity index (χ4v) is 2.76. The van der Waals surface area contributed by atoms with Crippen LogP contribution < -0.4 is 10.6 Å². The molecule has 0 radical (unpaired) electrons. The van der Waals surface area contributed by atoms with Crippen molar-refractivity contribution in [2.24, 2.45) is 5.92 Å². The molecule has 0 unspecified atom stereocenters. The maximum absolute atomic E-state index is 11.8. The van der Waals surface area contributed by atoms with E-state index in [4.69, 9.17) is 0 Å². The molecule has 7 heteroatoms. The fourth-order valence-electron chi connectivity index (χ4n) is 2.76. The number of imidazole rings is 1. The lowest BCUT2D eigenvalue weighted by Gasteiger charge is -2.09. The van der Waals surface area contributed by atoms with Crippen molar-refractivity contribution in [2.45, 2.75) is 38.8 Å². The van der Waals surface area contributed by atoms with Crippen LogP contribution in [0.3, 0.4) is 0 Å². The van der Waals surface area contributed by atoms with Crippen molar-refractivity contribution in [1.29, 1.82) is 0 Å². The Balaban J connectivity index is 0.00000169. The number of halogens is 2. The van der Waals surface area contributed by atoms with Crippen LogP contribution in [0.15, 0.2) is 42.7 Å². The number of amides is 1. The number of carbonyl (C=O) groups excluding carboxylic acids is 1. The van der Waals surface area contributed by atoms with E-state index in [9.17, 15) is 4.79 Å². The highest BCUT2D eigenvalue weighted by Crippen LogP contribution is 2.27. The average molecular weight is 399 g/mol. The van der Waals surface area contributed by atoms with Gasteiger partial charge in [-0.1, -0.05) is 30.3 Å². The van der Waals surface area contributed by atoms with E-state index in [-0.39, 0.29) is 30.7 Å². The monoisotopic (exact) mass is 398 g/mol. The molecule has 0 aliphatic heterocycles. The molecule has 3 rings (SSSR count). The van der Waals surface area contributed by atoms with Crippen molar-refractivity contribution in [1.82, 2.24) is 20.2 Å². The second kappa shape index (κ2) is 11.9. The van der Waals surface area contributed by atoms with Gasteiger partial charge in [0, 0.05) is 18.9 Å². The van der Waals surface area contributed by atoms with Gasteiger partial charge in [-0.25, -0.2) is 4.98 Å². The van der Waals surface area contributed by atoms with Gasteiger partial charge in [-0.15, -0.1) is 24.8 Å². The average Bonchev–Trinajstić information content (AvgIpc) is 3.32. The van der Waals surface area contributed by atoms with Gasteiger partial charge in [-0.2, -0.15) is 0 Å². The minimum Gasteiger partial charge on any atom is -0.348 e. The zero-order valence-electron chi connectivity index (χ0n) is 14.9. The molecule has 1 saturated carbocycles. The van der Waals surface area contributed by atoms with E-state index in [1.165, 1.54) is 18.4 Å². The van der Waals surface area contributed by atoms with Crippen LogP contribution in [-0.4, -0.2) is 28.5 Å². The molecule has 0 spiro atoms. The SMILES string of the molecule is Cl.Cl.O=C(CNCC1CC1)NCc1nccn1CCCc1ccccc1. The molecular weight excluding hydrogens is 371 g/mol. The Morgan fingerprint density at radius 1 is 1.19 bits per heavy atom. The molecule has 1 amide bonds. The summed E-state index contributed by atoms with van der Waals surface area (Å²) < 4.78 is 2.13. The minimum absolute atomic E-state index is 0. The molecule has 2 N–H and O–H groups in total. The van der Waals surface area contributed by atoms with Crippen LogP contribution in [0.25, 0.3) is 0 Å². The third-order valence-corrected chi connectivity index (χ3v) is 4.37. The number of nitrogens with one attached hydrogen (secondary N) is 2. The Hall–Kier alpha value is -1.56. The Kier molecular flexibility index (Phi) is 10.3. The molecule has 1 aliphatic rings. The van der Waals surface area contributed by atoms with Gasteiger partial charge in [0.1, 0.15) is 5.82 Å². The maximum atomic E-state index is 11.8. The van der Waals surface area contributed by atoms with E-state index in [1.54, 1.807) is 6.20 Å². The predicted octanol–water partition coefficient (Wildman–Crippen LogP) is 2.98. The lowest BCUT2D eigenvalue weighted by atomic mass is 10.1. The van der Waals surface area contributed by atoms with E-state index < -0.39 is 0 Å². The molecule has 144 valence electrons. The van der Waals surface area contributed by atoms with Gasteiger partial charge in [0.25, 0.3) is 0 Å². The molecule has 2 aromatic rings. The van der Waals surface area contributed by atoms with Crippen LogP contribution in [0.1, 0.15) is 30.7 Å². The number of aromatic nitrogens is 2. The van der Waals surface area contributed by atoms with Crippen LogP contribution in [0, 0.1) is 5.92 Å². The highest BCUT2D eigenvalue weighted by Gasteiger charge is 2.20. The molecule has 1 aliphatic carbocycles. The third-order valence-electron chi connectivity index (χ3n) is 4.37. The van der Waals surface area contributed by atoms with Gasteiger partial charge in [0.2, 0.25) is 5.91 Å². The molecule has 0 atom stereocenters. The summed E-state index contributed by atoms with van der Waals surface area (Å²) in [7, 11) is 0. The third kappa shape index (κ3) is 7.77. The molecule has 1 fully saturated rings. The molecule has 1 aromatic carbocycles. The van der Waals surface area contributed by atoms with E-state index in [0.29, 0.717) is 13.1 Å². The zero-order valence-corrected chi connectivity index (χ0v) is 16.5. The first-order valence-corrected chi connectivity index (χ1v) is 8.82. The Labute approximate surface area is 167 Å². The van der Waals surface area contributed by atoms with E-state index in [0.717, 1.165) is 37.7 Å². The Morgan fingerprint density at radius 2 is 1.96 bits per heavy atom. The number of aryl methyl sites for hydroxylation is 2. The van der Waals surface area contributed by atoms with Crippen molar-refractivity contribution in [3.05, 3.63) is 54.1 Å². The smallest absolute Gasteiger partial charge is 0.234 e. The summed E-state index contributed by atoms with van der Waals surface area (Å²) in [5.41, 5.74) is 1.36. The molecule has 0 saturated heterocycles. The number of rotatable bonds is 10. The standard InChI is InChI=1S/C19H26N4O.2ClH/c24-19(15-20-13-17-8-9-17)22-14-18-21-10-12-23(18)11-4-7-16-5-2-1-3-6-16;;/h1-3,5-6,10,12,17,20H,4,7-9,11,13-15H2,(H,22,24);2*1H. The van der Waals surface area contributed by atoms with Gasteiger partial charge in [0.05, 0.1) is 13.1 Å². The number of nitrogens with zero attached hydrogens (tertiary/aromatic N) is 2. The van der Waals surface area contributed by atoms with Gasteiger partial charge in [0.15, 0.2) is 0 Å². The molecular formula is C19H28Cl2N4O. The summed E-state index contributed by atoms with van der Waals surface area (Å²) in [6.45, 7) is 2.76. The lowest BCUT2D eigenvalue weighted by molar-refractivity contribution is -0.120. The molecule has 1 aromatic heterocycles. The zero-order chi connectivity index (χ0) is 16.6. The fraction of sp³-hybridized carbons (Fsp3) is 0.474. The second-order valence-electron chi connectivity index (χ2n) is 6.48. The highest BCUT2D eigenvalue weighted by molar-refractivity contribution is 5.85. The first-order chi connectivity index (χ1) is 11.8. The van der Waals surface area contributed by atoms with Gasteiger partial charge >= 0.3 is 0 Å². The van der Waals surface area contributed by atoms with Crippen molar-refractivity contribution in [3.63, 3.8) is 0 Å². The summed E-state index contributed by atoms with van der Waals surface area (Å²) in [5.74, 6) is 1.74. The second-order valence-corrected chi connectivity index (χ2v) is 6.48. The topological polar surface area (TPSA) is 59.0 Å². The summed E-state index contributed by atoms with van der Waals surface area (Å²) in [6, 6.07) is 10.5. The van der Waals surface area contributed by atoms with Gasteiger partial charge < -0.3 is 15.2 Å². The van der Waals surface area contributed by atoms with Crippen LogP contribution >= 0.6 is 24.8 Å². The summed E-state index contributed by atoms with van der Waals surface area (Å²) >= 11 is 0. The quantitative estimate of drug-likeness (QED) is 0.646. The van der Waals surface area contributed by atoms with Crippen LogP contribution in [-0.2, 0) is 24.3 Å². The van der Waals surface area contributed by atoms with E-state index in [2.05, 4.69) is 44.5 Å². The summed E-state index contributed by atoms with van der Waals surface area (Å²) in [4.78, 5) is 16.2. The Morgan fingerprint density at radius 3 is 2.69 bits per heavy atom. The van der Waals surface area contributed by atoms with E-state index >= 15 is 0 Å². The summed E-state index contributed by atoms with van der Waals surface area (Å²) in [5, 5.41) is 6.15. The lowest BCUT2D eigenvalue weighted by Crippen LogP contribution is -2.34. The van der Waals surface area contributed by atoms with Crippen molar-refractivity contribution in [3.8, 4) is 0 Å². The van der Waals surface area contributed by atoms with Crippen LogP contribution in [0.5, 0.6) is 0 Å². The van der Waals surface area contributed by atoms with Crippen LogP contribution in [0.4, 0.5) is 0 Å². The Bertz CT molecular complexity index is 644. The maximum Gasteiger partial charge on any atom is 0.234 e.